The van der Waals surface area contributed by atoms with E-state index in [1.54, 1.807) is 25.1 Å². The largest absolute Gasteiger partial charge is 0.465 e. The van der Waals surface area contributed by atoms with Crippen LogP contribution in [0.3, 0.4) is 0 Å². The van der Waals surface area contributed by atoms with Gasteiger partial charge in [0.15, 0.2) is 5.92 Å². The number of carbonyl (C=O) groups excluding carboxylic acids is 1. The van der Waals surface area contributed by atoms with E-state index < -0.39 is 17.3 Å². The molecule has 2 aromatic rings. The van der Waals surface area contributed by atoms with Gasteiger partial charge in [-0.05, 0) is 60.7 Å². The van der Waals surface area contributed by atoms with Crippen LogP contribution in [0.2, 0.25) is 5.02 Å². The molecule has 2 atom stereocenters. The zero-order chi connectivity index (χ0) is 18.0. The Morgan fingerprint density at radius 2 is 2.08 bits per heavy atom. The molecule has 5 heteroatoms. The highest BCUT2D eigenvalue weighted by atomic mass is 35.5. The summed E-state index contributed by atoms with van der Waals surface area (Å²) in [6.07, 6.45) is 1.12. The second-order valence-electron chi connectivity index (χ2n) is 6.09. The van der Waals surface area contributed by atoms with Crippen molar-refractivity contribution < 1.29 is 13.9 Å². The lowest BCUT2D eigenvalue weighted by molar-refractivity contribution is -0.147. The molecule has 0 saturated carbocycles. The minimum Gasteiger partial charge on any atom is -0.465 e. The van der Waals surface area contributed by atoms with Gasteiger partial charge in [-0.1, -0.05) is 29.8 Å². The van der Waals surface area contributed by atoms with Crippen molar-refractivity contribution in [1.29, 1.82) is 5.26 Å². The highest BCUT2D eigenvalue weighted by molar-refractivity contribution is 6.30. The van der Waals surface area contributed by atoms with Gasteiger partial charge in [0.2, 0.25) is 0 Å². The highest BCUT2D eigenvalue weighted by Gasteiger charge is 2.50. The van der Waals surface area contributed by atoms with Crippen LogP contribution in [0, 0.1) is 23.1 Å². The maximum absolute atomic E-state index is 13.7. The molecule has 3 rings (SSSR count). The van der Waals surface area contributed by atoms with Crippen molar-refractivity contribution in [1.82, 2.24) is 0 Å². The van der Waals surface area contributed by atoms with Crippen molar-refractivity contribution in [3.63, 3.8) is 0 Å². The molecule has 3 nitrogen and oxygen atoms in total. The molecule has 0 saturated heterocycles. The van der Waals surface area contributed by atoms with Crippen LogP contribution in [-0.2, 0) is 21.4 Å². The lowest BCUT2D eigenvalue weighted by Crippen LogP contribution is -2.39. The molecule has 25 heavy (non-hydrogen) atoms. The SMILES string of the molecule is CCOC(=O)C(C#N)C1(c2ccc(Cl)cc2)CCc2cc(F)ccc21. The fourth-order valence-corrected chi connectivity index (χ4v) is 3.90. The monoisotopic (exact) mass is 357 g/mol. The summed E-state index contributed by atoms with van der Waals surface area (Å²) in [4.78, 5) is 12.5. The van der Waals surface area contributed by atoms with E-state index in [2.05, 4.69) is 6.07 Å². The number of nitriles is 1. The zero-order valence-corrected chi connectivity index (χ0v) is 14.5. The molecule has 0 aromatic heterocycles. The Bertz CT molecular complexity index is 844. The van der Waals surface area contributed by atoms with Gasteiger partial charge in [-0.25, -0.2) is 4.39 Å². The Morgan fingerprint density at radius 3 is 2.72 bits per heavy atom. The van der Waals surface area contributed by atoms with Crippen molar-refractivity contribution in [3.8, 4) is 6.07 Å². The molecular weight excluding hydrogens is 341 g/mol. The van der Waals surface area contributed by atoms with Crippen LogP contribution < -0.4 is 0 Å². The maximum Gasteiger partial charge on any atom is 0.324 e. The van der Waals surface area contributed by atoms with Crippen molar-refractivity contribution in [2.45, 2.75) is 25.2 Å². The number of ether oxygens (including phenoxy) is 1. The van der Waals surface area contributed by atoms with Gasteiger partial charge in [-0.15, -0.1) is 0 Å². The van der Waals surface area contributed by atoms with E-state index in [9.17, 15) is 14.4 Å². The van der Waals surface area contributed by atoms with Crippen LogP contribution in [0.25, 0.3) is 0 Å². The first-order chi connectivity index (χ1) is 12.0. The number of benzene rings is 2. The molecule has 0 amide bonds. The third-order valence-electron chi connectivity index (χ3n) is 4.84. The predicted molar refractivity (Wildman–Crippen MR) is 92.7 cm³/mol. The number of rotatable bonds is 4. The molecule has 128 valence electrons. The Labute approximate surface area is 151 Å². The molecule has 1 aliphatic carbocycles. The fraction of sp³-hybridized carbons (Fsp3) is 0.300. The summed E-state index contributed by atoms with van der Waals surface area (Å²) in [7, 11) is 0. The molecular formula is C20H17ClFNO2. The summed E-state index contributed by atoms with van der Waals surface area (Å²) >= 11 is 6.00. The lowest BCUT2D eigenvalue weighted by Gasteiger charge is -2.34. The Balaban J connectivity index is 2.23. The molecule has 0 bridgehead atoms. The zero-order valence-electron chi connectivity index (χ0n) is 13.8. The van der Waals surface area contributed by atoms with Gasteiger partial charge < -0.3 is 4.74 Å². The van der Waals surface area contributed by atoms with Crippen LogP contribution >= 0.6 is 11.6 Å². The number of halogens is 2. The average molecular weight is 358 g/mol. The van der Waals surface area contributed by atoms with Gasteiger partial charge in [-0.3, -0.25) is 4.79 Å². The molecule has 2 aromatic carbocycles. The van der Waals surface area contributed by atoms with Crippen molar-refractivity contribution in [3.05, 3.63) is 70.0 Å². The van der Waals surface area contributed by atoms with E-state index in [0.29, 0.717) is 17.9 Å². The molecule has 0 N–H and O–H groups in total. The highest BCUT2D eigenvalue weighted by Crippen LogP contribution is 2.50. The smallest absolute Gasteiger partial charge is 0.324 e. The van der Waals surface area contributed by atoms with Gasteiger partial charge in [0.25, 0.3) is 0 Å². The van der Waals surface area contributed by atoms with Crippen LogP contribution in [-0.4, -0.2) is 12.6 Å². The van der Waals surface area contributed by atoms with Crippen LogP contribution in [0.5, 0.6) is 0 Å². The molecule has 0 radical (unpaired) electrons. The number of hydrogen-bond acceptors (Lipinski definition) is 3. The van der Waals surface area contributed by atoms with Crippen molar-refractivity contribution >= 4 is 17.6 Å². The first-order valence-electron chi connectivity index (χ1n) is 8.14. The van der Waals surface area contributed by atoms with E-state index in [0.717, 1.165) is 16.7 Å². The lowest BCUT2D eigenvalue weighted by atomic mass is 9.67. The van der Waals surface area contributed by atoms with Crippen LogP contribution in [0.1, 0.15) is 30.0 Å². The van der Waals surface area contributed by atoms with Gasteiger partial charge in [0, 0.05) is 10.4 Å². The first kappa shape index (κ1) is 17.4. The number of aryl methyl sites for hydroxylation is 1. The second-order valence-corrected chi connectivity index (χ2v) is 6.53. The Hall–Kier alpha value is -2.38. The molecule has 2 unspecified atom stereocenters. The van der Waals surface area contributed by atoms with Crippen molar-refractivity contribution in [2.24, 2.45) is 5.92 Å². The molecule has 0 heterocycles. The van der Waals surface area contributed by atoms with Crippen molar-refractivity contribution in [2.75, 3.05) is 6.61 Å². The van der Waals surface area contributed by atoms with Crippen LogP contribution in [0.4, 0.5) is 4.39 Å². The summed E-state index contributed by atoms with van der Waals surface area (Å²) in [5, 5.41) is 10.4. The average Bonchev–Trinajstić information content (AvgIpc) is 2.96. The summed E-state index contributed by atoms with van der Waals surface area (Å²) in [6.45, 7) is 1.91. The summed E-state index contributed by atoms with van der Waals surface area (Å²) in [6, 6.07) is 13.8. The van der Waals surface area contributed by atoms with Gasteiger partial charge in [0.1, 0.15) is 5.82 Å². The maximum atomic E-state index is 13.7. The topological polar surface area (TPSA) is 50.1 Å². The standard InChI is InChI=1S/C20H17ClFNO2/c1-2-25-19(24)18(12-23)20(14-3-5-15(21)6-4-14)10-9-13-11-16(22)7-8-17(13)20/h3-8,11,18H,2,9-10H2,1H3. The van der Waals surface area contributed by atoms with Crippen LogP contribution in [0.15, 0.2) is 42.5 Å². The number of hydrogen-bond donors (Lipinski definition) is 0. The number of esters is 1. The van der Waals surface area contributed by atoms with E-state index in [1.165, 1.54) is 12.1 Å². The second kappa shape index (κ2) is 6.85. The minimum absolute atomic E-state index is 0.198. The first-order valence-corrected chi connectivity index (χ1v) is 8.52. The molecule has 0 fully saturated rings. The summed E-state index contributed by atoms with van der Waals surface area (Å²) < 4.78 is 18.8. The van der Waals surface area contributed by atoms with Gasteiger partial charge in [-0.2, -0.15) is 5.26 Å². The Morgan fingerprint density at radius 1 is 1.36 bits per heavy atom. The quantitative estimate of drug-likeness (QED) is 0.761. The minimum atomic E-state index is -1.01. The fourth-order valence-electron chi connectivity index (χ4n) is 3.77. The number of nitrogens with zero attached hydrogens (tertiary/aromatic N) is 1. The van der Waals surface area contributed by atoms with E-state index in [4.69, 9.17) is 16.3 Å². The summed E-state index contributed by atoms with van der Waals surface area (Å²) in [5.74, 6) is -1.90. The molecule has 1 aliphatic rings. The number of fused-ring (bicyclic) bond motifs is 1. The third kappa shape index (κ3) is 2.89. The number of carbonyl (C=O) groups is 1. The van der Waals surface area contributed by atoms with Gasteiger partial charge >= 0.3 is 5.97 Å². The predicted octanol–water partition coefficient (Wildman–Crippen LogP) is 4.41. The Kier molecular flexibility index (Phi) is 4.78. The summed E-state index contributed by atoms with van der Waals surface area (Å²) in [5.41, 5.74) is 1.56. The van der Waals surface area contributed by atoms with E-state index >= 15 is 0 Å². The molecule has 0 spiro atoms. The van der Waals surface area contributed by atoms with Gasteiger partial charge in [0.05, 0.1) is 12.7 Å². The molecule has 0 aliphatic heterocycles. The third-order valence-corrected chi connectivity index (χ3v) is 5.09. The van der Waals surface area contributed by atoms with E-state index in [1.807, 2.05) is 12.1 Å². The normalized spacial score (nSPS) is 19.8. The van der Waals surface area contributed by atoms with E-state index in [-0.39, 0.29) is 12.4 Å².